The van der Waals surface area contributed by atoms with E-state index in [1.165, 1.54) is 53.5 Å². The van der Waals surface area contributed by atoms with Crippen molar-refractivity contribution in [2.75, 3.05) is 26.1 Å². The van der Waals surface area contributed by atoms with Gasteiger partial charge < -0.3 is 39.5 Å². The quantitative estimate of drug-likeness (QED) is 0.0286. The fourth-order valence-electron chi connectivity index (χ4n) is 24.3. The molecule has 0 radical (unpaired) electrons. The highest BCUT2D eigenvalue weighted by Crippen LogP contribution is 2.50. The van der Waals surface area contributed by atoms with Gasteiger partial charge in [-0.3, -0.25) is 38.8 Å². The lowest BCUT2D eigenvalue weighted by molar-refractivity contribution is -0.131. The van der Waals surface area contributed by atoms with Crippen LogP contribution in [0.3, 0.4) is 0 Å². The zero-order valence-electron chi connectivity index (χ0n) is 127. The molecule has 0 spiro atoms. The Labute approximate surface area is 933 Å². The van der Waals surface area contributed by atoms with Gasteiger partial charge in [0.1, 0.15) is 46.6 Å². The summed E-state index contributed by atoms with van der Waals surface area (Å²) in [5.74, 6) is -31.1. The number of nitrogens with one attached hydrogen (secondary N) is 4. The van der Waals surface area contributed by atoms with Crippen LogP contribution in [0.1, 0.15) is 487 Å². The van der Waals surface area contributed by atoms with E-state index in [9.17, 15) is 42.2 Å². The van der Waals surface area contributed by atoms with E-state index in [4.69, 9.17) is 54.8 Å². The molecule has 12 fully saturated rings. The van der Waals surface area contributed by atoms with Crippen LogP contribution in [-0.2, 0) is 19.2 Å². The molecule has 4 aromatic carbocycles. The number of aromatic nitrogens is 12. The number of amides is 4. The molecule has 8 saturated heterocycles. The molecule has 20 rings (SSSR count). The normalized spacial score (nSPS) is 35.6. The molecule has 8 bridgehead atoms. The predicted molar refractivity (Wildman–Crippen MR) is 558 cm³/mol. The number of aryl methyl sites for hydroxylation is 4. The molecule has 4 N–H and O–H groups in total. The van der Waals surface area contributed by atoms with Crippen LogP contribution in [-0.4, -0.2) is 200 Å². The summed E-state index contributed by atoms with van der Waals surface area (Å²) in [4.78, 5) is 62.0. The standard InChI is InChI=1S/4C29H41F2N5O/c4*1-19(2)27-34-33-20(3)36(27)25-17-23-9-10-24(18-25)35(23)16-13-26(21-7-5-4-6-8-21)32-28(37)22-11-14-29(30,31)15-12-22/h4*4-8,19,22-26H,9-18H2,1-3H3,(H,32,37)/i1D3,3D3,11D2,12D2,14D2,15D2,16D2;1D3,3D3,11D2,12D2,14D2,15D2;1D3,3D3,16D2;1D3,3D3. The Morgan fingerprint density at radius 2 is 0.534 bits per heavy atom. The molecular weight excluding hydrogens is 1890 g/mol. The first kappa shape index (κ1) is 66.5. The van der Waals surface area contributed by atoms with Crippen LogP contribution in [0.4, 0.5) is 35.1 Å². The van der Waals surface area contributed by atoms with Crippen molar-refractivity contribution in [3.05, 3.63) is 190 Å². The van der Waals surface area contributed by atoms with Crippen LogP contribution in [0.2, 0.25) is 0 Å². The van der Waals surface area contributed by atoms with E-state index in [0.29, 0.717) is 94.8 Å². The van der Waals surface area contributed by atoms with Crippen molar-refractivity contribution in [1.29, 1.82) is 0 Å². The predicted octanol–water partition coefficient (Wildman–Crippen LogP) is 23.8. The minimum atomic E-state index is -5.19. The molecule has 148 heavy (non-hydrogen) atoms. The summed E-state index contributed by atoms with van der Waals surface area (Å²) in [6.07, 6.45) is -24.2. The second-order valence-electron chi connectivity index (χ2n) is 41.8. The number of nitrogens with zero attached hydrogens (tertiary/aromatic N) is 16. The van der Waals surface area contributed by atoms with Crippen molar-refractivity contribution >= 4 is 23.6 Å². The summed E-state index contributed by atoms with van der Waals surface area (Å²) >= 11 is 0. The maximum Gasteiger partial charge on any atom is 0.248 e. The molecule has 4 amide bonds. The fraction of sp³-hybridized carbons (Fsp3) is 0.690. The number of halogens is 8. The lowest BCUT2D eigenvalue weighted by Gasteiger charge is -2.40. The summed E-state index contributed by atoms with van der Waals surface area (Å²) in [5.41, 5.74) is 2.45. The first-order valence-corrected chi connectivity index (χ1v) is 51.9. The number of hydrogen-bond acceptors (Lipinski definition) is 16. The number of carbonyl (C=O) groups is 4. The zero-order chi connectivity index (χ0) is 143. The first-order valence-electron chi connectivity index (χ1n) is 73.9. The second kappa shape index (κ2) is 48.3. The van der Waals surface area contributed by atoms with Gasteiger partial charge in [0.05, 0.1) is 24.2 Å². The molecule has 32 heteroatoms. The topological polar surface area (TPSA) is 252 Å². The Balaban J connectivity index is 0.000000167. The van der Waals surface area contributed by atoms with Gasteiger partial charge in [-0.2, -0.15) is 0 Å². The number of fused-ring (bicyclic) bond motifs is 8. The molecule has 12 heterocycles. The molecule has 4 aromatic heterocycles. The van der Waals surface area contributed by atoms with Gasteiger partial charge in [-0.25, -0.2) is 35.1 Å². The average Bonchev–Trinajstić information content (AvgIpc) is 0.957. The zero-order valence-corrected chi connectivity index (χ0v) is 83.4. The number of benzene rings is 4. The Hall–Kier alpha value is -9.40. The first-order chi connectivity index (χ1) is 88.1. The highest BCUT2D eigenvalue weighted by atomic mass is 19.3. The fourth-order valence-corrected chi connectivity index (χ4v) is 24.3. The molecule has 8 aromatic rings. The minimum absolute atomic E-state index is 0.0298. The number of hydrogen-bond donors (Lipinski definition) is 4. The van der Waals surface area contributed by atoms with Gasteiger partial charge in [-0.15, -0.1) is 40.8 Å². The number of carbonyl (C=O) groups excluding carboxylic acids is 4. The lowest BCUT2D eigenvalue weighted by Crippen LogP contribution is -2.45. The lowest BCUT2D eigenvalue weighted by atomic mass is 9.86. The monoisotopic (exact) mass is 2100 g/mol. The van der Waals surface area contributed by atoms with Gasteiger partial charge in [0.15, 0.2) is 0 Å². The molecule has 808 valence electrons. The van der Waals surface area contributed by atoms with Gasteiger partial charge >= 0.3 is 0 Å². The van der Waals surface area contributed by atoms with E-state index in [-0.39, 0.29) is 189 Å². The van der Waals surface area contributed by atoms with Crippen molar-refractivity contribution in [2.45, 2.75) is 457 Å². The van der Waals surface area contributed by atoms with E-state index in [1.807, 2.05) is 53.4 Å². The third-order valence-electron chi connectivity index (χ3n) is 31.6. The SMILES string of the molecule is [2H]C([2H])([2H])c1nnc(C(C)C([2H])([2H])[2H])n1C1CC2CCC(C1)N2C([2H])([2H])CC(NC(=O)C1C([2H])([2H])C([2H])([2H])C(F)(F)C([2H])([2H])C1([2H])[2H])c1ccccc1.[2H]C([2H])([2H])c1nnc(C(C)C([2H])([2H])[2H])n1C1CC2CCC(C1)N2C([2H])([2H])CC(NC(=O)C1CCC(F)(F)CC1)c1ccccc1.[2H]C([2H])([2H])c1nnc(C(C)C([2H])([2H])[2H])n1C1CC2CCC(C1)N2CCC(NC(=O)C1C([2H])([2H])C([2H])([2H])C(F)(F)C([2H])([2H])C1([2H])[2H])c1ccccc1.[2H]C([2H])([2H])c1nnc(C(C)C([2H])([2H])[2H])n1C1CC2CCC(C1)N2CCC(NC(=O)C1CCC(F)(F)CC1)c1ccccc1. The van der Waals surface area contributed by atoms with Crippen molar-refractivity contribution < 1.29 is 115 Å². The van der Waals surface area contributed by atoms with Gasteiger partial charge in [-0.05, 0) is 229 Å². The van der Waals surface area contributed by atoms with E-state index < -0.39 is 256 Å². The highest BCUT2D eigenvalue weighted by molar-refractivity contribution is 5.81. The van der Waals surface area contributed by atoms with Crippen molar-refractivity contribution in [3.63, 3.8) is 0 Å². The molecule has 16 unspecified atom stereocenters. The van der Waals surface area contributed by atoms with E-state index in [0.717, 1.165) is 31.2 Å². The molecule has 12 aliphatic rings. The van der Waals surface area contributed by atoms with Crippen LogP contribution < -0.4 is 21.3 Å². The maximum atomic E-state index is 15.1. The van der Waals surface area contributed by atoms with E-state index in [2.05, 4.69) is 71.9 Å². The summed E-state index contributed by atoms with van der Waals surface area (Å²) in [6, 6.07) is 28.5. The van der Waals surface area contributed by atoms with Crippen LogP contribution in [0.5, 0.6) is 0 Å². The smallest absolute Gasteiger partial charge is 0.248 e. The van der Waals surface area contributed by atoms with Crippen LogP contribution in [0.15, 0.2) is 121 Å². The van der Waals surface area contributed by atoms with Crippen molar-refractivity contribution in [1.82, 2.24) is 99.9 Å². The largest absolute Gasteiger partial charge is 0.349 e. The third kappa shape index (κ3) is 26.7. The van der Waals surface area contributed by atoms with Crippen LogP contribution >= 0.6 is 0 Å². The Kier molecular flexibility index (Phi) is 21.7. The summed E-state index contributed by atoms with van der Waals surface area (Å²) in [5, 5.41) is 42.7. The number of alkyl halides is 8. The van der Waals surface area contributed by atoms with Crippen molar-refractivity contribution in [2.24, 2.45) is 23.7 Å². The van der Waals surface area contributed by atoms with Crippen LogP contribution in [0.25, 0.3) is 0 Å². The van der Waals surface area contributed by atoms with Gasteiger partial charge in [0.25, 0.3) is 0 Å². The van der Waals surface area contributed by atoms with E-state index in [1.54, 1.807) is 70.1 Å². The molecule has 8 aliphatic heterocycles. The van der Waals surface area contributed by atoms with Crippen LogP contribution in [0, 0.1) is 51.1 Å². The van der Waals surface area contributed by atoms with Gasteiger partial charge in [-0.1, -0.05) is 176 Å². The van der Waals surface area contributed by atoms with Crippen molar-refractivity contribution in [3.8, 4) is 0 Å². The summed E-state index contributed by atoms with van der Waals surface area (Å²) < 4.78 is 478. The maximum absolute atomic E-state index is 15.1. The molecule has 16 atom stereocenters. The average molecular weight is 2100 g/mol. The minimum Gasteiger partial charge on any atom is -0.349 e. The molecule has 4 aliphatic carbocycles. The highest BCUT2D eigenvalue weighted by Gasteiger charge is 2.50. The second-order valence-corrected chi connectivity index (χ2v) is 41.8. The molecule has 4 saturated carbocycles. The molecular formula is C116H164F8N20O4. The van der Waals surface area contributed by atoms with E-state index >= 15 is 17.6 Å². The molecule has 24 nitrogen and oxygen atoms in total. The summed E-state index contributed by atoms with van der Waals surface area (Å²) in [7, 11) is 0. The van der Waals surface area contributed by atoms with Gasteiger partial charge in [0, 0.05) is 257 Å². The number of rotatable bonds is 32. The summed E-state index contributed by atoms with van der Waals surface area (Å²) in [6.45, 7) is -17.5. The third-order valence-corrected chi connectivity index (χ3v) is 31.6. The number of piperidine rings is 4. The Morgan fingerprint density at radius 1 is 0.311 bits per heavy atom. The Bertz CT molecular complexity index is 7520. The Morgan fingerprint density at radius 3 is 0.764 bits per heavy atom. The van der Waals surface area contributed by atoms with Gasteiger partial charge in [0.2, 0.25) is 47.3 Å².